The molecule has 3 fully saturated rings. The van der Waals surface area contributed by atoms with Gasteiger partial charge in [-0.05, 0) is 63.3 Å². The summed E-state index contributed by atoms with van der Waals surface area (Å²) in [7, 11) is -4.17. The van der Waals surface area contributed by atoms with Crippen LogP contribution in [-0.4, -0.2) is 73.5 Å². The third-order valence-electron chi connectivity index (χ3n) is 8.30. The maximum Gasteiger partial charge on any atom is 0.281 e. The number of anilines is 2. The first-order chi connectivity index (χ1) is 18.1. The lowest BCUT2D eigenvalue weighted by Crippen LogP contribution is -2.51. The van der Waals surface area contributed by atoms with Crippen LogP contribution in [0.5, 0.6) is 0 Å². The molecule has 9 nitrogen and oxygen atoms in total. The molecule has 0 radical (unpaired) electrons. The molecular weight excluding hydrogens is 500 g/mol. The van der Waals surface area contributed by atoms with Crippen molar-refractivity contribution in [2.45, 2.75) is 75.9 Å². The molecule has 10 heteroatoms. The average molecular weight is 541 g/mol. The molecule has 2 aromatic rings. The highest BCUT2D eigenvalue weighted by molar-refractivity contribution is 7.90. The van der Waals surface area contributed by atoms with Crippen molar-refractivity contribution in [3.63, 3.8) is 0 Å². The van der Waals surface area contributed by atoms with E-state index in [0.717, 1.165) is 39.1 Å². The van der Waals surface area contributed by atoms with Crippen LogP contribution in [0.3, 0.4) is 0 Å². The molecule has 2 aromatic heterocycles. The van der Waals surface area contributed by atoms with Gasteiger partial charge in [0, 0.05) is 50.5 Å². The quantitative estimate of drug-likeness (QED) is 0.593. The maximum absolute atomic E-state index is 13.3. The first kappa shape index (κ1) is 26.9. The van der Waals surface area contributed by atoms with Gasteiger partial charge >= 0.3 is 0 Å². The van der Waals surface area contributed by atoms with E-state index in [-0.39, 0.29) is 16.1 Å². The van der Waals surface area contributed by atoms with Crippen LogP contribution in [0.25, 0.3) is 0 Å². The van der Waals surface area contributed by atoms with E-state index < -0.39 is 15.9 Å². The molecular formula is C28H40N6O3S. The van der Waals surface area contributed by atoms with E-state index in [1.54, 1.807) is 24.4 Å². The van der Waals surface area contributed by atoms with Gasteiger partial charge in [-0.3, -0.25) is 9.69 Å². The van der Waals surface area contributed by atoms with Crippen LogP contribution < -0.4 is 14.5 Å². The predicted octanol–water partition coefficient (Wildman–Crippen LogP) is 3.67. The van der Waals surface area contributed by atoms with Crippen LogP contribution in [-0.2, 0) is 10.0 Å². The third kappa shape index (κ3) is 5.66. The van der Waals surface area contributed by atoms with E-state index in [9.17, 15) is 13.2 Å². The fraction of sp³-hybridized carbons (Fsp3) is 0.607. The van der Waals surface area contributed by atoms with Crippen molar-refractivity contribution in [3.05, 3.63) is 42.1 Å². The van der Waals surface area contributed by atoms with Crippen molar-refractivity contribution >= 4 is 27.6 Å². The zero-order valence-corrected chi connectivity index (χ0v) is 23.6. The van der Waals surface area contributed by atoms with Crippen molar-refractivity contribution in [2.24, 2.45) is 5.92 Å². The number of pyridine rings is 2. The number of amides is 1. The van der Waals surface area contributed by atoms with Crippen molar-refractivity contribution in [1.82, 2.24) is 19.6 Å². The SMILES string of the molecule is CC1CN(c2ncccc2C(=O)NS(=O)(=O)c2cccc(N3CCN(C4CCCCC4)CC3)n2)C(C)(C)C1. The summed E-state index contributed by atoms with van der Waals surface area (Å²) in [5.41, 5.74) is 0.0618. The highest BCUT2D eigenvalue weighted by Gasteiger charge is 2.39. The minimum Gasteiger partial charge on any atom is -0.354 e. The molecule has 0 bridgehead atoms. The lowest BCUT2D eigenvalue weighted by Gasteiger charge is -2.41. The average Bonchev–Trinajstić information content (AvgIpc) is 3.20. The number of aromatic nitrogens is 2. The van der Waals surface area contributed by atoms with Crippen LogP contribution >= 0.6 is 0 Å². The number of sulfonamides is 1. The Hall–Kier alpha value is -2.72. The van der Waals surface area contributed by atoms with Gasteiger partial charge in [-0.25, -0.2) is 14.7 Å². The lowest BCUT2D eigenvalue weighted by atomic mass is 9.94. The number of hydrogen-bond donors (Lipinski definition) is 1. The molecule has 0 aromatic carbocycles. The molecule has 38 heavy (non-hydrogen) atoms. The monoisotopic (exact) mass is 540 g/mol. The molecule has 1 saturated carbocycles. The maximum atomic E-state index is 13.3. The summed E-state index contributed by atoms with van der Waals surface area (Å²) < 4.78 is 28.8. The Labute approximate surface area is 226 Å². The summed E-state index contributed by atoms with van der Waals surface area (Å²) in [6, 6.07) is 8.93. The van der Waals surface area contributed by atoms with E-state index >= 15 is 0 Å². The van der Waals surface area contributed by atoms with E-state index in [1.165, 1.54) is 38.2 Å². The predicted molar refractivity (Wildman–Crippen MR) is 149 cm³/mol. The second-order valence-electron chi connectivity index (χ2n) is 11.7. The van der Waals surface area contributed by atoms with Crippen LogP contribution in [0.15, 0.2) is 41.6 Å². The van der Waals surface area contributed by atoms with Crippen molar-refractivity contribution in [3.8, 4) is 0 Å². The number of nitrogens with one attached hydrogen (secondary N) is 1. The van der Waals surface area contributed by atoms with Crippen molar-refractivity contribution in [1.29, 1.82) is 0 Å². The van der Waals surface area contributed by atoms with Gasteiger partial charge in [-0.15, -0.1) is 0 Å². The number of rotatable bonds is 6. The summed E-state index contributed by atoms with van der Waals surface area (Å²) >= 11 is 0. The van der Waals surface area contributed by atoms with Gasteiger partial charge in [0.15, 0.2) is 5.03 Å². The smallest absolute Gasteiger partial charge is 0.281 e. The van der Waals surface area contributed by atoms with E-state index in [1.807, 2.05) is 6.07 Å². The third-order valence-corrected chi connectivity index (χ3v) is 9.53. The van der Waals surface area contributed by atoms with Gasteiger partial charge in [-0.1, -0.05) is 32.3 Å². The van der Waals surface area contributed by atoms with E-state index in [0.29, 0.717) is 23.6 Å². The lowest BCUT2D eigenvalue weighted by molar-refractivity contribution is 0.0981. The molecule has 1 N–H and O–H groups in total. The molecule has 2 saturated heterocycles. The Balaban J connectivity index is 1.29. The number of carbonyl (C=O) groups excluding carboxylic acids is 1. The van der Waals surface area contributed by atoms with Crippen molar-refractivity contribution < 1.29 is 13.2 Å². The van der Waals surface area contributed by atoms with E-state index in [4.69, 9.17) is 0 Å². The van der Waals surface area contributed by atoms with Gasteiger partial charge in [-0.2, -0.15) is 8.42 Å². The minimum atomic E-state index is -4.17. The number of hydrogen-bond acceptors (Lipinski definition) is 8. The Morgan fingerprint density at radius 1 is 1.03 bits per heavy atom. The standard InChI is InChI=1S/C28H40N6O3S/c1-21-19-28(2,3)34(20-21)26-23(11-8-14-29-26)27(35)31-38(36,37)25-13-7-12-24(30-25)33-17-15-32(16-18-33)22-9-5-4-6-10-22/h7-8,11-14,21-22H,4-6,9-10,15-20H2,1-3H3,(H,31,35). The molecule has 0 spiro atoms. The molecule has 1 atom stereocenters. The van der Waals surface area contributed by atoms with Crippen LogP contribution in [0.4, 0.5) is 11.6 Å². The molecule has 1 amide bonds. The topological polar surface area (TPSA) is 98.7 Å². The second kappa shape index (κ2) is 10.8. The minimum absolute atomic E-state index is 0.154. The molecule has 4 heterocycles. The van der Waals surface area contributed by atoms with Gasteiger partial charge < -0.3 is 9.80 Å². The summed E-state index contributed by atoms with van der Waals surface area (Å²) in [4.78, 5) is 29.0. The zero-order valence-electron chi connectivity index (χ0n) is 22.8. The zero-order chi connectivity index (χ0) is 26.9. The highest BCUT2D eigenvalue weighted by atomic mass is 32.2. The Bertz CT molecular complexity index is 1250. The first-order valence-corrected chi connectivity index (χ1v) is 15.4. The molecule has 3 aliphatic rings. The summed E-state index contributed by atoms with van der Waals surface area (Å²) in [6.07, 6.45) is 9.13. The van der Waals surface area contributed by atoms with Crippen LogP contribution in [0.2, 0.25) is 0 Å². The van der Waals surface area contributed by atoms with Gasteiger partial charge in [0.25, 0.3) is 15.9 Å². The molecule has 206 valence electrons. The molecule has 2 aliphatic heterocycles. The van der Waals surface area contributed by atoms with Crippen molar-refractivity contribution in [2.75, 3.05) is 42.5 Å². The fourth-order valence-electron chi connectivity index (χ4n) is 6.47. The Morgan fingerprint density at radius 3 is 2.45 bits per heavy atom. The van der Waals surface area contributed by atoms with Gasteiger partial charge in [0.1, 0.15) is 11.6 Å². The summed E-state index contributed by atoms with van der Waals surface area (Å²) in [5, 5.41) is -0.154. The van der Waals surface area contributed by atoms with Gasteiger partial charge in [0.05, 0.1) is 5.56 Å². The van der Waals surface area contributed by atoms with Crippen LogP contribution in [0.1, 0.15) is 69.7 Å². The first-order valence-electron chi connectivity index (χ1n) is 13.9. The summed E-state index contributed by atoms with van der Waals surface area (Å²) in [5.74, 6) is 0.880. The number of nitrogens with zero attached hydrogens (tertiary/aromatic N) is 5. The molecule has 1 aliphatic carbocycles. The highest BCUT2D eigenvalue weighted by Crippen LogP contribution is 2.37. The van der Waals surface area contributed by atoms with Gasteiger partial charge in [0.2, 0.25) is 0 Å². The van der Waals surface area contributed by atoms with E-state index in [2.05, 4.69) is 50.2 Å². The van der Waals surface area contributed by atoms with Crippen LogP contribution in [0, 0.1) is 5.92 Å². The normalized spacial score (nSPS) is 23.0. The number of carbonyl (C=O) groups is 1. The Morgan fingerprint density at radius 2 is 1.76 bits per heavy atom. The fourth-order valence-corrected chi connectivity index (χ4v) is 7.40. The number of piperazine rings is 1. The second-order valence-corrected chi connectivity index (χ2v) is 13.3. The summed E-state index contributed by atoms with van der Waals surface area (Å²) in [6.45, 7) is 10.7. The Kier molecular flexibility index (Phi) is 7.64. The molecule has 5 rings (SSSR count). The molecule has 1 unspecified atom stereocenters. The largest absolute Gasteiger partial charge is 0.354 e.